The molecule has 12 aromatic rings. The lowest BCUT2D eigenvalue weighted by atomic mass is 10.0. The quantitative estimate of drug-likeness (QED) is 0.185. The van der Waals surface area contributed by atoms with Crippen LogP contribution in [0.2, 0.25) is 0 Å². The first-order valence-corrected chi connectivity index (χ1v) is 17.7. The van der Waals surface area contributed by atoms with Gasteiger partial charge in [-0.05, 0) is 83.9 Å². The molecule has 248 valence electrons. The van der Waals surface area contributed by atoms with Crippen molar-refractivity contribution in [3.8, 4) is 11.1 Å². The molecule has 0 radical (unpaired) electrons. The van der Waals surface area contributed by atoms with Crippen molar-refractivity contribution in [3.63, 3.8) is 0 Å². The molecule has 5 nitrogen and oxygen atoms in total. The minimum atomic E-state index is 0.796. The lowest BCUT2D eigenvalue weighted by Crippen LogP contribution is -2.10. The SMILES string of the molecule is c1ccc2c(c1)oc1cc(-c3ccc(N(c4cccc5c4oc4c5ccc5oc6ccccc6c54)c4cccc5oc6ccccc6c45)cc3)ccc12. The number of anilines is 3. The van der Waals surface area contributed by atoms with Crippen LogP contribution in [0.3, 0.4) is 0 Å². The van der Waals surface area contributed by atoms with Crippen molar-refractivity contribution < 1.29 is 17.7 Å². The fourth-order valence-corrected chi connectivity index (χ4v) is 8.28. The van der Waals surface area contributed by atoms with Crippen LogP contribution < -0.4 is 4.90 Å². The van der Waals surface area contributed by atoms with Crippen LogP contribution in [-0.2, 0) is 0 Å². The monoisotopic (exact) mass is 681 g/mol. The van der Waals surface area contributed by atoms with Crippen LogP contribution in [0.15, 0.2) is 181 Å². The van der Waals surface area contributed by atoms with Gasteiger partial charge in [-0.15, -0.1) is 0 Å². The smallest absolute Gasteiger partial charge is 0.159 e. The highest BCUT2D eigenvalue weighted by molar-refractivity contribution is 6.23. The van der Waals surface area contributed by atoms with Crippen LogP contribution in [0, 0.1) is 0 Å². The van der Waals surface area contributed by atoms with Crippen LogP contribution >= 0.6 is 0 Å². The molecule has 0 amide bonds. The van der Waals surface area contributed by atoms with Crippen LogP contribution in [0.4, 0.5) is 17.1 Å². The van der Waals surface area contributed by atoms with Crippen molar-refractivity contribution in [2.24, 2.45) is 0 Å². The van der Waals surface area contributed by atoms with Crippen LogP contribution in [-0.4, -0.2) is 0 Å². The van der Waals surface area contributed by atoms with Gasteiger partial charge in [0.25, 0.3) is 0 Å². The highest BCUT2D eigenvalue weighted by Gasteiger charge is 2.24. The predicted molar refractivity (Wildman–Crippen MR) is 216 cm³/mol. The van der Waals surface area contributed by atoms with E-state index >= 15 is 0 Å². The largest absolute Gasteiger partial charge is 0.456 e. The van der Waals surface area contributed by atoms with Gasteiger partial charge in [0.05, 0.1) is 22.1 Å². The van der Waals surface area contributed by atoms with Gasteiger partial charge in [-0.25, -0.2) is 0 Å². The maximum Gasteiger partial charge on any atom is 0.159 e. The van der Waals surface area contributed by atoms with Crippen molar-refractivity contribution in [2.75, 3.05) is 4.90 Å². The van der Waals surface area contributed by atoms with E-state index in [1.165, 1.54) is 0 Å². The average molecular weight is 682 g/mol. The third kappa shape index (κ3) is 4.07. The molecule has 0 N–H and O–H groups in total. The van der Waals surface area contributed by atoms with E-state index in [1.54, 1.807) is 0 Å². The maximum absolute atomic E-state index is 6.99. The maximum atomic E-state index is 6.99. The van der Waals surface area contributed by atoms with Gasteiger partial charge < -0.3 is 22.6 Å². The zero-order valence-electron chi connectivity index (χ0n) is 28.2. The van der Waals surface area contributed by atoms with Gasteiger partial charge >= 0.3 is 0 Å². The van der Waals surface area contributed by atoms with Gasteiger partial charge in [-0.3, -0.25) is 0 Å². The van der Waals surface area contributed by atoms with Gasteiger partial charge in [0, 0.05) is 38.0 Å². The third-order valence-electron chi connectivity index (χ3n) is 10.7. The molecule has 12 rings (SSSR count). The van der Waals surface area contributed by atoms with Gasteiger partial charge in [0.1, 0.15) is 39.1 Å². The molecule has 53 heavy (non-hydrogen) atoms. The Morgan fingerprint density at radius 1 is 0.302 bits per heavy atom. The topological polar surface area (TPSA) is 55.8 Å². The first-order chi connectivity index (χ1) is 26.3. The zero-order chi connectivity index (χ0) is 34.6. The Kier molecular flexibility index (Phi) is 5.71. The number of benzene rings is 8. The summed E-state index contributed by atoms with van der Waals surface area (Å²) < 4.78 is 25.9. The molecule has 0 atom stereocenters. The molecular weight excluding hydrogens is 655 g/mol. The molecule has 0 saturated heterocycles. The number of hydrogen-bond acceptors (Lipinski definition) is 5. The van der Waals surface area contributed by atoms with E-state index in [1.807, 2.05) is 54.6 Å². The molecule has 4 aromatic heterocycles. The van der Waals surface area contributed by atoms with Gasteiger partial charge in [0.15, 0.2) is 5.58 Å². The fourth-order valence-electron chi connectivity index (χ4n) is 8.28. The van der Waals surface area contributed by atoms with Crippen molar-refractivity contribution in [1.29, 1.82) is 0 Å². The second kappa shape index (κ2) is 10.6. The Labute approximate surface area is 301 Å². The number of nitrogens with zero attached hydrogens (tertiary/aromatic N) is 1. The van der Waals surface area contributed by atoms with E-state index in [-0.39, 0.29) is 0 Å². The molecule has 5 heteroatoms. The molecule has 0 unspecified atom stereocenters. The summed E-state index contributed by atoms with van der Waals surface area (Å²) in [7, 11) is 0. The lowest BCUT2D eigenvalue weighted by molar-refractivity contribution is 0.662. The van der Waals surface area contributed by atoms with E-state index in [4.69, 9.17) is 17.7 Å². The molecule has 0 saturated carbocycles. The van der Waals surface area contributed by atoms with Crippen LogP contribution in [0.25, 0.3) is 98.9 Å². The second-order valence-electron chi connectivity index (χ2n) is 13.6. The Bertz CT molecular complexity index is 3410. The lowest BCUT2D eigenvalue weighted by Gasteiger charge is -2.26. The van der Waals surface area contributed by atoms with Crippen molar-refractivity contribution in [1.82, 2.24) is 0 Å². The van der Waals surface area contributed by atoms with Crippen molar-refractivity contribution in [3.05, 3.63) is 164 Å². The van der Waals surface area contributed by atoms with Crippen molar-refractivity contribution >= 4 is 105 Å². The first kappa shape index (κ1) is 28.5. The standard InChI is InChI=1S/C48H27NO4/c1-4-15-39-31(9-1)32-24-21-29(27-44(32)52-39)28-19-22-30(23-20-28)49(37-13-8-18-42-45(37)35-10-2-5-16-40(35)50-42)38-14-7-12-33-34-25-26-43-46(48(34)53-47(33)38)36-11-3-6-17-41(36)51-43/h1-27H. The number of fused-ring (bicyclic) bond motifs is 13. The van der Waals surface area contributed by atoms with Gasteiger partial charge in [-0.1, -0.05) is 91.0 Å². The summed E-state index contributed by atoms with van der Waals surface area (Å²) in [5, 5.41) is 8.45. The van der Waals surface area contributed by atoms with E-state index in [2.05, 4.69) is 114 Å². The molecule has 0 spiro atoms. The summed E-state index contributed by atoms with van der Waals surface area (Å²) in [6.45, 7) is 0. The third-order valence-corrected chi connectivity index (χ3v) is 10.7. The van der Waals surface area contributed by atoms with E-state index in [0.717, 1.165) is 116 Å². The van der Waals surface area contributed by atoms with E-state index < -0.39 is 0 Å². The van der Waals surface area contributed by atoms with E-state index in [9.17, 15) is 0 Å². The highest BCUT2D eigenvalue weighted by atomic mass is 16.3. The Morgan fingerprint density at radius 3 is 1.62 bits per heavy atom. The first-order valence-electron chi connectivity index (χ1n) is 17.7. The molecule has 0 fully saturated rings. The minimum Gasteiger partial charge on any atom is -0.456 e. The van der Waals surface area contributed by atoms with Crippen LogP contribution in [0.5, 0.6) is 0 Å². The normalized spacial score (nSPS) is 12.2. The summed E-state index contributed by atoms with van der Waals surface area (Å²) in [4.78, 5) is 2.30. The molecular formula is C48H27NO4. The Balaban J connectivity index is 1.09. The fraction of sp³-hybridized carbons (Fsp3) is 0. The second-order valence-corrected chi connectivity index (χ2v) is 13.6. The van der Waals surface area contributed by atoms with Gasteiger partial charge in [0.2, 0.25) is 0 Å². The summed E-state index contributed by atoms with van der Waals surface area (Å²) >= 11 is 0. The van der Waals surface area contributed by atoms with E-state index in [0.29, 0.717) is 0 Å². The van der Waals surface area contributed by atoms with Crippen LogP contribution in [0.1, 0.15) is 0 Å². The molecule has 4 heterocycles. The summed E-state index contributed by atoms with van der Waals surface area (Å²) in [5.74, 6) is 0. The molecule has 0 aliphatic carbocycles. The van der Waals surface area contributed by atoms with Crippen molar-refractivity contribution in [2.45, 2.75) is 0 Å². The Morgan fingerprint density at radius 2 is 0.830 bits per heavy atom. The zero-order valence-corrected chi connectivity index (χ0v) is 28.2. The molecule has 8 aromatic carbocycles. The number of rotatable bonds is 4. The summed E-state index contributed by atoms with van der Waals surface area (Å²) in [6.07, 6.45) is 0. The molecule has 0 aliphatic rings. The summed E-state index contributed by atoms with van der Waals surface area (Å²) in [6, 6.07) is 56.6. The number of hydrogen-bond donors (Lipinski definition) is 0. The minimum absolute atomic E-state index is 0.796. The predicted octanol–water partition coefficient (Wildman–Crippen LogP) is 14.4. The number of furan rings is 4. The number of para-hydroxylation sites is 4. The van der Waals surface area contributed by atoms with Gasteiger partial charge in [-0.2, -0.15) is 0 Å². The molecule has 0 bridgehead atoms. The molecule has 0 aliphatic heterocycles. The highest BCUT2D eigenvalue weighted by Crippen LogP contribution is 2.48. The summed E-state index contributed by atoms with van der Waals surface area (Å²) in [5.41, 5.74) is 11.8. The average Bonchev–Trinajstić information content (AvgIpc) is 3.98. The Hall–Kier alpha value is -7.24.